The minimum atomic E-state index is -1.66. The number of hydrogen-bond donors (Lipinski definition) is 1. The van der Waals surface area contributed by atoms with E-state index in [4.69, 9.17) is 16.0 Å². The molecule has 6 nitrogen and oxygen atoms in total. The summed E-state index contributed by atoms with van der Waals surface area (Å²) in [6.07, 6.45) is 5.19. The van der Waals surface area contributed by atoms with Gasteiger partial charge in [0.25, 0.3) is 0 Å². The lowest BCUT2D eigenvalue weighted by molar-refractivity contribution is 0.0809. The van der Waals surface area contributed by atoms with Crippen LogP contribution in [-0.2, 0) is 4.43 Å². The third-order valence-corrected chi connectivity index (χ3v) is 12.2. The maximum Gasteiger partial charge on any atom is 0.192 e. The molecule has 0 spiro atoms. The quantitative estimate of drug-likeness (QED) is 0.581. The van der Waals surface area contributed by atoms with E-state index < -0.39 is 8.32 Å². The van der Waals surface area contributed by atoms with Gasteiger partial charge in [0.15, 0.2) is 13.5 Å². The number of likely N-dealkylation sites (tertiary alicyclic amines) is 2. The van der Waals surface area contributed by atoms with Crippen LogP contribution < -0.4 is 5.32 Å². The van der Waals surface area contributed by atoms with E-state index in [1.807, 2.05) is 13.0 Å². The summed E-state index contributed by atoms with van der Waals surface area (Å²) < 4.78 is 6.65. The molecule has 1 aromatic heterocycles. The van der Waals surface area contributed by atoms with Crippen molar-refractivity contribution in [2.75, 3.05) is 44.6 Å². The van der Waals surface area contributed by atoms with Crippen molar-refractivity contribution in [3.8, 4) is 0 Å². The average Bonchev–Trinajstić information content (AvgIpc) is 2.69. The molecule has 2 aliphatic rings. The third kappa shape index (κ3) is 7.12. The molecular formula is C23H42ClN5OSi. The number of aryl methyl sites for hydroxylation is 1. The van der Waals surface area contributed by atoms with Crippen molar-refractivity contribution in [1.82, 2.24) is 20.0 Å². The molecule has 8 heteroatoms. The number of hydrogen-bond acceptors (Lipinski definition) is 6. The minimum absolute atomic E-state index is 0.291. The van der Waals surface area contributed by atoms with Crippen molar-refractivity contribution in [3.63, 3.8) is 0 Å². The highest BCUT2D eigenvalue weighted by atomic mass is 35.5. The first kappa shape index (κ1) is 24.9. The fourth-order valence-corrected chi connectivity index (χ4v) is 5.77. The molecule has 176 valence electrons. The molecule has 0 aromatic carbocycles. The molecule has 0 unspecified atom stereocenters. The molecule has 0 saturated carbocycles. The molecule has 1 atom stereocenters. The highest BCUT2D eigenvalue weighted by Crippen LogP contribution is 2.38. The molecule has 2 fully saturated rings. The lowest BCUT2D eigenvalue weighted by atomic mass is 10.1. The number of nitrogens with one attached hydrogen (secondary N) is 1. The van der Waals surface area contributed by atoms with Gasteiger partial charge in [0, 0.05) is 44.9 Å². The second-order valence-corrected chi connectivity index (χ2v) is 16.0. The molecule has 31 heavy (non-hydrogen) atoms. The summed E-state index contributed by atoms with van der Waals surface area (Å²) >= 11 is 6.00. The van der Waals surface area contributed by atoms with E-state index in [9.17, 15) is 0 Å². The van der Waals surface area contributed by atoms with Crippen LogP contribution in [0.2, 0.25) is 23.3 Å². The smallest absolute Gasteiger partial charge is 0.192 e. The highest BCUT2D eigenvalue weighted by Gasteiger charge is 2.39. The number of anilines is 1. The van der Waals surface area contributed by atoms with Crippen LogP contribution in [0, 0.1) is 6.92 Å². The Morgan fingerprint density at radius 3 is 2.42 bits per heavy atom. The lowest BCUT2D eigenvalue weighted by Crippen LogP contribution is -2.49. The Morgan fingerprint density at radius 2 is 1.77 bits per heavy atom. The first-order valence-electron chi connectivity index (χ1n) is 11.9. The van der Waals surface area contributed by atoms with Crippen molar-refractivity contribution in [1.29, 1.82) is 0 Å². The van der Waals surface area contributed by atoms with Crippen LogP contribution in [0.4, 0.5) is 5.82 Å². The first-order chi connectivity index (χ1) is 14.5. The maximum absolute atomic E-state index is 6.65. The zero-order valence-corrected chi connectivity index (χ0v) is 22.1. The molecule has 2 saturated heterocycles. The van der Waals surface area contributed by atoms with Gasteiger partial charge >= 0.3 is 0 Å². The van der Waals surface area contributed by atoms with Crippen molar-refractivity contribution in [2.24, 2.45) is 0 Å². The van der Waals surface area contributed by atoms with Crippen LogP contribution in [0.1, 0.15) is 52.0 Å². The average molecular weight is 468 g/mol. The molecule has 3 rings (SSSR count). The van der Waals surface area contributed by atoms with E-state index in [1.54, 1.807) is 0 Å². The molecule has 0 aliphatic carbocycles. The summed E-state index contributed by atoms with van der Waals surface area (Å²) in [6, 6.07) is 2.41. The Hall–Kier alpha value is -0.733. The van der Waals surface area contributed by atoms with Gasteiger partial charge in [0.05, 0.1) is 0 Å². The summed E-state index contributed by atoms with van der Waals surface area (Å²) in [5.74, 6) is 0.831. The zero-order chi connectivity index (χ0) is 22.6. The van der Waals surface area contributed by atoms with E-state index in [0.717, 1.165) is 44.1 Å². The number of nitrogens with zero attached hydrogens (tertiary/aromatic N) is 4. The standard InChI is InChI=1S/C23H42ClN5OSi/c1-18-16-21(26-27-22(18)24)25-19-8-7-11-29(17-19)15-14-28-12-9-20(10-13-28)30-31(5,6)23(2,3)4/h16,19-20H,7-15,17H2,1-6H3,(H,25,26)/t19-/m1/s1. The van der Waals surface area contributed by atoms with Gasteiger partial charge in [-0.05, 0) is 68.9 Å². The van der Waals surface area contributed by atoms with Crippen LogP contribution in [-0.4, -0.2) is 79.7 Å². The Bertz CT molecular complexity index is 718. The predicted octanol–water partition coefficient (Wildman–Crippen LogP) is 4.80. The normalized spacial score (nSPS) is 22.6. The molecule has 1 aromatic rings. The fraction of sp³-hybridized carbons (Fsp3) is 0.826. The van der Waals surface area contributed by atoms with E-state index in [0.29, 0.717) is 22.3 Å². The van der Waals surface area contributed by atoms with Crippen molar-refractivity contribution in [2.45, 2.75) is 83.7 Å². The summed E-state index contributed by atoms with van der Waals surface area (Å²) in [4.78, 5) is 5.21. The van der Waals surface area contributed by atoms with Crippen molar-refractivity contribution < 1.29 is 4.43 Å². The number of rotatable bonds is 7. The molecule has 0 radical (unpaired) electrons. The topological polar surface area (TPSA) is 53.5 Å². The third-order valence-electron chi connectivity index (χ3n) is 7.32. The Morgan fingerprint density at radius 1 is 1.10 bits per heavy atom. The van der Waals surface area contributed by atoms with Crippen LogP contribution in [0.5, 0.6) is 0 Å². The first-order valence-corrected chi connectivity index (χ1v) is 15.2. The molecule has 2 aliphatic heterocycles. The monoisotopic (exact) mass is 467 g/mol. The van der Waals surface area contributed by atoms with E-state index >= 15 is 0 Å². The zero-order valence-electron chi connectivity index (χ0n) is 20.4. The van der Waals surface area contributed by atoms with Crippen LogP contribution >= 0.6 is 11.6 Å². The Labute approximate surface area is 195 Å². The van der Waals surface area contributed by atoms with Gasteiger partial charge in [-0.3, -0.25) is 0 Å². The van der Waals surface area contributed by atoms with Gasteiger partial charge < -0.3 is 19.5 Å². The van der Waals surface area contributed by atoms with Crippen molar-refractivity contribution in [3.05, 3.63) is 16.8 Å². The van der Waals surface area contributed by atoms with Crippen LogP contribution in [0.15, 0.2) is 6.07 Å². The number of piperidine rings is 2. The largest absolute Gasteiger partial charge is 0.414 e. The molecule has 1 N–H and O–H groups in total. The molecule has 0 amide bonds. The van der Waals surface area contributed by atoms with Crippen molar-refractivity contribution >= 4 is 25.7 Å². The number of aromatic nitrogens is 2. The van der Waals surface area contributed by atoms with Gasteiger partial charge in [-0.25, -0.2) is 0 Å². The SMILES string of the molecule is Cc1cc(N[C@@H]2CCCN(CCN3CCC(O[Si](C)(C)C(C)(C)C)CC3)C2)nnc1Cl. The molecular weight excluding hydrogens is 426 g/mol. The number of halogens is 1. The Balaban J connectivity index is 1.39. The van der Waals surface area contributed by atoms with Crippen LogP contribution in [0.25, 0.3) is 0 Å². The second kappa shape index (κ2) is 10.5. The Kier molecular flexibility index (Phi) is 8.41. The highest BCUT2D eigenvalue weighted by molar-refractivity contribution is 6.74. The van der Waals surface area contributed by atoms with E-state index in [2.05, 4.69) is 59.2 Å². The van der Waals surface area contributed by atoms with Crippen LogP contribution in [0.3, 0.4) is 0 Å². The van der Waals surface area contributed by atoms with Gasteiger partial charge in [-0.1, -0.05) is 32.4 Å². The van der Waals surface area contributed by atoms with Gasteiger partial charge in [-0.15, -0.1) is 10.2 Å². The summed E-state index contributed by atoms with van der Waals surface area (Å²) in [5.41, 5.74) is 0.966. The second-order valence-electron chi connectivity index (χ2n) is 10.9. The molecule has 0 bridgehead atoms. The minimum Gasteiger partial charge on any atom is -0.414 e. The fourth-order valence-electron chi connectivity index (χ4n) is 4.25. The van der Waals surface area contributed by atoms with Gasteiger partial charge in [0.1, 0.15) is 5.82 Å². The lowest BCUT2D eigenvalue weighted by Gasteiger charge is -2.42. The van der Waals surface area contributed by atoms with Gasteiger partial charge in [0.2, 0.25) is 0 Å². The molecule has 3 heterocycles. The maximum atomic E-state index is 6.65. The van der Waals surface area contributed by atoms with Gasteiger partial charge in [-0.2, -0.15) is 0 Å². The summed E-state index contributed by atoms with van der Waals surface area (Å²) in [7, 11) is -1.66. The van der Waals surface area contributed by atoms with E-state index in [-0.39, 0.29) is 0 Å². The summed E-state index contributed by atoms with van der Waals surface area (Å²) in [5, 5.41) is 12.6. The van der Waals surface area contributed by atoms with E-state index in [1.165, 1.54) is 32.2 Å². The predicted molar refractivity (Wildman–Crippen MR) is 133 cm³/mol. The summed E-state index contributed by atoms with van der Waals surface area (Å²) in [6.45, 7) is 20.6.